The van der Waals surface area contributed by atoms with Crippen molar-refractivity contribution in [1.82, 2.24) is 14.7 Å². The Kier molecular flexibility index (Phi) is 4.31. The first-order valence-corrected chi connectivity index (χ1v) is 8.29. The number of amides is 3. The molecule has 0 unspecified atom stereocenters. The molecule has 0 aromatic heterocycles. The molecular weight excluding hydrogens is 362 g/mol. The van der Waals surface area contributed by atoms with Crippen molar-refractivity contribution in [3.63, 3.8) is 0 Å². The summed E-state index contributed by atoms with van der Waals surface area (Å²) in [5, 5.41) is 9.14. The van der Waals surface area contributed by atoms with Gasteiger partial charge in [0.2, 0.25) is 5.91 Å². The van der Waals surface area contributed by atoms with Gasteiger partial charge < -0.3 is 14.9 Å². The maximum absolute atomic E-state index is 13.6. The molecule has 0 aromatic carbocycles. The molecule has 3 aliphatic rings. The summed E-state index contributed by atoms with van der Waals surface area (Å²) in [7, 11) is 0. The molecule has 146 valence electrons. The van der Waals surface area contributed by atoms with Gasteiger partial charge in [0.25, 0.3) is 0 Å². The van der Waals surface area contributed by atoms with Crippen LogP contribution >= 0.6 is 0 Å². The fraction of sp³-hybridized carbons (Fsp3) is 0.800. The topological polar surface area (TPSA) is 81.2 Å². The molecule has 2 aliphatic heterocycles. The molecule has 0 bridgehead atoms. The highest BCUT2D eigenvalue weighted by Gasteiger charge is 2.60. The third-order valence-corrected chi connectivity index (χ3v) is 5.39. The number of alkyl halides is 4. The van der Waals surface area contributed by atoms with Crippen LogP contribution in [0.3, 0.4) is 0 Å². The Morgan fingerprint density at radius 3 is 2.23 bits per heavy atom. The van der Waals surface area contributed by atoms with E-state index in [2.05, 4.69) is 0 Å². The number of halogens is 4. The number of piperazine rings is 1. The first-order chi connectivity index (χ1) is 12.0. The minimum absolute atomic E-state index is 0.101. The average Bonchev–Trinajstić information content (AvgIpc) is 3.19. The quantitative estimate of drug-likeness (QED) is 0.693. The zero-order chi connectivity index (χ0) is 19.4. The van der Waals surface area contributed by atoms with Crippen molar-refractivity contribution in [2.24, 2.45) is 0 Å². The number of carboxylic acid groups (broad SMARTS) is 1. The van der Waals surface area contributed by atoms with Gasteiger partial charge in [-0.1, -0.05) is 0 Å². The Hall–Kier alpha value is -2.07. The summed E-state index contributed by atoms with van der Waals surface area (Å²) >= 11 is 0. The first-order valence-electron chi connectivity index (χ1n) is 8.29. The average molecular weight is 381 g/mol. The maximum atomic E-state index is 13.6. The zero-order valence-corrected chi connectivity index (χ0v) is 14.0. The van der Waals surface area contributed by atoms with Crippen LogP contribution in [0.1, 0.15) is 26.2 Å². The molecule has 11 heteroatoms. The summed E-state index contributed by atoms with van der Waals surface area (Å²) < 4.78 is 52.1. The van der Waals surface area contributed by atoms with Crippen LogP contribution in [0.2, 0.25) is 0 Å². The highest BCUT2D eigenvalue weighted by Crippen LogP contribution is 2.47. The molecule has 3 fully saturated rings. The third kappa shape index (κ3) is 3.07. The number of hydrogen-bond acceptors (Lipinski definition) is 3. The van der Waals surface area contributed by atoms with E-state index < -0.39 is 54.4 Å². The van der Waals surface area contributed by atoms with Crippen LogP contribution in [0.4, 0.5) is 22.4 Å². The van der Waals surface area contributed by atoms with Crippen LogP contribution in [0.15, 0.2) is 0 Å². The Balaban J connectivity index is 1.78. The molecule has 1 aliphatic carbocycles. The number of hydrogen-bond donors (Lipinski definition) is 1. The van der Waals surface area contributed by atoms with Crippen LogP contribution in [0, 0.1) is 0 Å². The van der Waals surface area contributed by atoms with Crippen molar-refractivity contribution >= 4 is 17.9 Å². The van der Waals surface area contributed by atoms with Crippen molar-refractivity contribution in [3.8, 4) is 0 Å². The third-order valence-electron chi connectivity index (χ3n) is 5.39. The summed E-state index contributed by atoms with van der Waals surface area (Å²) in [6, 6.07) is -1.92. The minimum atomic E-state index is -4.99. The van der Waals surface area contributed by atoms with Crippen molar-refractivity contribution in [2.75, 3.05) is 19.6 Å². The summed E-state index contributed by atoms with van der Waals surface area (Å²) in [6.07, 6.45) is -7.46. The van der Waals surface area contributed by atoms with E-state index in [-0.39, 0.29) is 19.5 Å². The fourth-order valence-electron chi connectivity index (χ4n) is 3.86. The van der Waals surface area contributed by atoms with Gasteiger partial charge in [-0.15, -0.1) is 0 Å². The van der Waals surface area contributed by atoms with Crippen LogP contribution < -0.4 is 0 Å². The summed E-state index contributed by atoms with van der Waals surface area (Å²) in [4.78, 5) is 38.5. The predicted molar refractivity (Wildman–Crippen MR) is 78.9 cm³/mol. The standard InChI is InChI=1S/C15H19F4N3O4/c1-8-5-22(12(24)15(17,18)19)14(2-3-14)7-21(8)11(23)10-4-9(16)6-20(10)13(25)26/h8-10H,2-7H2,1H3,(H,25,26)/t8-,9+,10-/m0/s1. The lowest BCUT2D eigenvalue weighted by molar-refractivity contribution is -0.193. The van der Waals surface area contributed by atoms with E-state index in [0.717, 1.165) is 9.80 Å². The van der Waals surface area contributed by atoms with E-state index in [0.29, 0.717) is 12.8 Å². The molecule has 3 atom stereocenters. The summed E-state index contributed by atoms with van der Waals surface area (Å²) in [5.41, 5.74) is -1.06. The van der Waals surface area contributed by atoms with Gasteiger partial charge in [0, 0.05) is 25.6 Å². The summed E-state index contributed by atoms with van der Waals surface area (Å²) in [5.74, 6) is -2.55. The first kappa shape index (κ1) is 18.7. The number of carbonyl (C=O) groups is 3. The van der Waals surface area contributed by atoms with Gasteiger partial charge in [0.15, 0.2) is 0 Å². The molecular formula is C15H19F4N3O4. The molecule has 2 saturated heterocycles. The Morgan fingerprint density at radius 2 is 1.73 bits per heavy atom. The van der Waals surface area contributed by atoms with Gasteiger partial charge in [-0.2, -0.15) is 13.2 Å². The molecule has 0 radical (unpaired) electrons. The van der Waals surface area contributed by atoms with Gasteiger partial charge in [0.1, 0.15) is 12.2 Å². The fourth-order valence-corrected chi connectivity index (χ4v) is 3.86. The van der Waals surface area contributed by atoms with Gasteiger partial charge in [-0.25, -0.2) is 9.18 Å². The second kappa shape index (κ2) is 5.98. The van der Waals surface area contributed by atoms with E-state index >= 15 is 0 Å². The number of rotatable bonds is 1. The Bertz CT molecular complexity index is 637. The largest absolute Gasteiger partial charge is 0.471 e. The van der Waals surface area contributed by atoms with Gasteiger partial charge in [0.05, 0.1) is 12.1 Å². The van der Waals surface area contributed by atoms with Crippen molar-refractivity contribution < 1.29 is 37.1 Å². The van der Waals surface area contributed by atoms with Crippen molar-refractivity contribution in [2.45, 2.75) is 56.2 Å². The molecule has 2 heterocycles. The highest BCUT2D eigenvalue weighted by molar-refractivity contribution is 5.87. The molecule has 3 amide bonds. The van der Waals surface area contributed by atoms with Gasteiger partial charge in [-0.3, -0.25) is 14.5 Å². The number of likely N-dealkylation sites (tertiary alicyclic amines) is 1. The molecule has 7 nitrogen and oxygen atoms in total. The Morgan fingerprint density at radius 1 is 1.12 bits per heavy atom. The molecule has 0 aromatic rings. The monoisotopic (exact) mass is 381 g/mol. The minimum Gasteiger partial charge on any atom is -0.465 e. The van der Waals surface area contributed by atoms with Crippen molar-refractivity contribution in [1.29, 1.82) is 0 Å². The smallest absolute Gasteiger partial charge is 0.465 e. The van der Waals surface area contributed by atoms with Crippen LogP contribution in [-0.4, -0.2) is 87.3 Å². The molecule has 26 heavy (non-hydrogen) atoms. The Labute approximate surface area is 146 Å². The van der Waals surface area contributed by atoms with E-state index in [1.54, 1.807) is 0 Å². The van der Waals surface area contributed by atoms with E-state index in [9.17, 15) is 31.9 Å². The van der Waals surface area contributed by atoms with E-state index in [1.807, 2.05) is 0 Å². The normalized spacial score (nSPS) is 30.7. The van der Waals surface area contributed by atoms with Crippen LogP contribution in [-0.2, 0) is 9.59 Å². The van der Waals surface area contributed by atoms with E-state index in [4.69, 9.17) is 5.11 Å². The molecule has 1 spiro atoms. The lowest BCUT2D eigenvalue weighted by Gasteiger charge is -2.47. The SMILES string of the molecule is C[C@H]1CN(C(=O)C(F)(F)F)C2(CC2)CN1C(=O)[C@@H]1C[C@@H](F)CN1C(=O)O. The second-order valence-corrected chi connectivity index (χ2v) is 7.24. The van der Waals surface area contributed by atoms with E-state index in [1.165, 1.54) is 11.8 Å². The lowest BCUT2D eigenvalue weighted by Crippen LogP contribution is -2.65. The number of nitrogens with zero attached hydrogens (tertiary/aromatic N) is 3. The molecule has 1 saturated carbocycles. The second-order valence-electron chi connectivity index (χ2n) is 7.24. The predicted octanol–water partition coefficient (Wildman–Crippen LogP) is 1.23. The molecule has 3 rings (SSSR count). The maximum Gasteiger partial charge on any atom is 0.471 e. The zero-order valence-electron chi connectivity index (χ0n) is 14.0. The van der Waals surface area contributed by atoms with Gasteiger partial charge in [-0.05, 0) is 19.8 Å². The summed E-state index contributed by atoms with van der Waals surface area (Å²) in [6.45, 7) is 0.702. The lowest BCUT2D eigenvalue weighted by atomic mass is 10.0. The molecule has 1 N–H and O–H groups in total. The van der Waals surface area contributed by atoms with Crippen molar-refractivity contribution in [3.05, 3.63) is 0 Å². The van der Waals surface area contributed by atoms with Crippen LogP contribution in [0.25, 0.3) is 0 Å². The highest BCUT2D eigenvalue weighted by atomic mass is 19.4. The van der Waals surface area contributed by atoms with Crippen LogP contribution in [0.5, 0.6) is 0 Å². The van der Waals surface area contributed by atoms with Gasteiger partial charge >= 0.3 is 18.2 Å². The number of carbonyl (C=O) groups excluding carboxylic acids is 2.